The predicted octanol–water partition coefficient (Wildman–Crippen LogP) is 9.51. The molecule has 6 heteroatoms. The van der Waals surface area contributed by atoms with Gasteiger partial charge in [0.05, 0.1) is 4.88 Å². The van der Waals surface area contributed by atoms with Gasteiger partial charge in [0.2, 0.25) is 0 Å². The van der Waals surface area contributed by atoms with Crippen molar-refractivity contribution in [3.05, 3.63) is 86.8 Å². The number of unbranched alkanes of at least 4 members (excludes halogenated alkanes) is 1. The predicted molar refractivity (Wildman–Crippen MR) is 149 cm³/mol. The quantitative estimate of drug-likeness (QED) is 0.199. The molecule has 1 heterocycles. The average molecular weight is 558 g/mol. The molecule has 1 aromatic heterocycles. The number of anilines is 1. The van der Waals surface area contributed by atoms with Crippen LogP contribution >= 0.6 is 38.9 Å². The summed E-state index contributed by atoms with van der Waals surface area (Å²) >= 11 is 11.4. The van der Waals surface area contributed by atoms with Crippen LogP contribution in [0.3, 0.4) is 0 Å². The molecule has 2 atom stereocenters. The zero-order valence-corrected chi connectivity index (χ0v) is 22.7. The molecule has 0 aliphatic carbocycles. The smallest absolute Gasteiger partial charge is 0.183 e. The number of aromatic nitrogens is 1. The van der Waals surface area contributed by atoms with Gasteiger partial charge >= 0.3 is 0 Å². The highest BCUT2D eigenvalue weighted by Gasteiger charge is 2.20. The maximum absolute atomic E-state index is 6.57. The molecule has 178 valence electrons. The number of benzene rings is 3. The molecule has 3 aromatic carbocycles. The van der Waals surface area contributed by atoms with Gasteiger partial charge in [0.25, 0.3) is 0 Å². The second kappa shape index (κ2) is 12.1. The van der Waals surface area contributed by atoms with Crippen LogP contribution in [0, 0.1) is 5.92 Å². The number of nitrogens with zero attached hydrogens (tertiary/aromatic N) is 1. The summed E-state index contributed by atoms with van der Waals surface area (Å²) in [6, 6.07) is 20.3. The summed E-state index contributed by atoms with van der Waals surface area (Å²) in [7, 11) is 0. The van der Waals surface area contributed by atoms with Crippen LogP contribution in [0.1, 0.15) is 56.1 Å². The number of hydrogen-bond acceptors (Lipinski definition) is 4. The van der Waals surface area contributed by atoms with Crippen LogP contribution in [0.4, 0.5) is 5.13 Å². The third-order valence-electron chi connectivity index (χ3n) is 6.07. The van der Waals surface area contributed by atoms with Gasteiger partial charge in [-0.15, -0.1) is 0 Å². The Labute approximate surface area is 219 Å². The highest BCUT2D eigenvalue weighted by molar-refractivity contribution is 9.10. The number of ether oxygens (including phenoxy) is 1. The summed E-state index contributed by atoms with van der Waals surface area (Å²) in [5.41, 5.74) is 1.05. The molecule has 3 nitrogen and oxygen atoms in total. The van der Waals surface area contributed by atoms with E-state index < -0.39 is 0 Å². The lowest BCUT2D eigenvalue weighted by Crippen LogP contribution is -2.13. The molecule has 1 N–H and O–H groups in total. The zero-order valence-electron chi connectivity index (χ0n) is 19.6. The summed E-state index contributed by atoms with van der Waals surface area (Å²) < 4.78 is 7.63. The Balaban J connectivity index is 1.56. The first kappa shape index (κ1) is 25.0. The Morgan fingerprint density at radius 1 is 1.03 bits per heavy atom. The van der Waals surface area contributed by atoms with Crippen LogP contribution in [-0.2, 0) is 0 Å². The van der Waals surface area contributed by atoms with E-state index in [1.807, 2.05) is 42.6 Å². The van der Waals surface area contributed by atoms with Gasteiger partial charge in [0, 0.05) is 22.2 Å². The minimum Gasteiger partial charge on any atom is -0.480 e. The maximum atomic E-state index is 6.57. The number of halogens is 2. The molecule has 0 spiro atoms. The highest BCUT2D eigenvalue weighted by atomic mass is 79.9. The first-order chi connectivity index (χ1) is 16.6. The summed E-state index contributed by atoms with van der Waals surface area (Å²) in [5, 5.41) is 7.52. The fourth-order valence-electron chi connectivity index (χ4n) is 4.00. The molecule has 0 fully saturated rings. The van der Waals surface area contributed by atoms with E-state index in [1.54, 1.807) is 11.3 Å². The van der Waals surface area contributed by atoms with Crippen molar-refractivity contribution >= 4 is 54.8 Å². The van der Waals surface area contributed by atoms with Gasteiger partial charge < -0.3 is 10.1 Å². The van der Waals surface area contributed by atoms with Crippen LogP contribution in [0.15, 0.2) is 71.3 Å². The molecule has 34 heavy (non-hydrogen) atoms. The molecule has 4 aromatic rings. The van der Waals surface area contributed by atoms with Gasteiger partial charge in [0.15, 0.2) is 11.2 Å². The third-order valence-corrected chi connectivity index (χ3v) is 7.81. The molecular formula is C28H30BrClN2OS. The minimum atomic E-state index is -0.264. The molecule has 0 saturated heterocycles. The minimum absolute atomic E-state index is 0.264. The Hall–Kier alpha value is -2.08. The fraction of sp³-hybridized carbons (Fsp3) is 0.321. The van der Waals surface area contributed by atoms with E-state index in [-0.39, 0.29) is 6.10 Å². The van der Waals surface area contributed by atoms with E-state index >= 15 is 0 Å². The number of rotatable bonds is 11. The average Bonchev–Trinajstić information content (AvgIpc) is 3.32. The molecule has 0 radical (unpaired) electrons. The van der Waals surface area contributed by atoms with Gasteiger partial charge in [-0.3, -0.25) is 0 Å². The lowest BCUT2D eigenvalue weighted by Gasteiger charge is -2.19. The Bertz CT molecular complexity index is 1210. The monoisotopic (exact) mass is 556 g/mol. The van der Waals surface area contributed by atoms with E-state index in [2.05, 4.69) is 64.3 Å². The van der Waals surface area contributed by atoms with E-state index in [0.717, 1.165) is 37.7 Å². The standard InChI is InChI=1S/C28H30BrClN2OS/c1-3-5-6-19(4-2)17-31-28-32-18-26(34-28)27(20-8-12-24(30)13-9-20)33-25-14-10-21-15-23(29)11-7-22(21)16-25/h7-16,18-19,27H,3-6,17H2,1-2H3,(H,31,32). The molecule has 0 saturated carbocycles. The Morgan fingerprint density at radius 2 is 1.79 bits per heavy atom. The number of hydrogen-bond donors (Lipinski definition) is 1. The molecule has 4 rings (SSSR count). The summed E-state index contributed by atoms with van der Waals surface area (Å²) in [6.07, 6.45) is 6.62. The van der Waals surface area contributed by atoms with Crippen molar-refractivity contribution in [3.8, 4) is 5.75 Å². The Morgan fingerprint density at radius 3 is 2.56 bits per heavy atom. The second-order valence-electron chi connectivity index (χ2n) is 8.57. The number of thiazole rings is 1. The van der Waals surface area contributed by atoms with E-state index in [4.69, 9.17) is 16.3 Å². The fourth-order valence-corrected chi connectivity index (χ4v) is 5.38. The highest BCUT2D eigenvalue weighted by Crippen LogP contribution is 2.35. The topological polar surface area (TPSA) is 34.2 Å². The third kappa shape index (κ3) is 6.53. The molecule has 0 aliphatic heterocycles. The van der Waals surface area contributed by atoms with Gasteiger partial charge in [-0.25, -0.2) is 4.98 Å². The van der Waals surface area contributed by atoms with Crippen LogP contribution in [-0.4, -0.2) is 11.5 Å². The van der Waals surface area contributed by atoms with Crippen molar-refractivity contribution in [3.63, 3.8) is 0 Å². The molecule has 0 amide bonds. The zero-order chi connectivity index (χ0) is 23.9. The van der Waals surface area contributed by atoms with Gasteiger partial charge in [-0.05, 0) is 65.1 Å². The van der Waals surface area contributed by atoms with Gasteiger partial charge in [0.1, 0.15) is 5.75 Å². The number of nitrogens with one attached hydrogen (secondary N) is 1. The largest absolute Gasteiger partial charge is 0.480 e. The summed E-state index contributed by atoms with van der Waals surface area (Å²) in [5.74, 6) is 1.50. The first-order valence-electron chi connectivity index (χ1n) is 11.9. The van der Waals surface area contributed by atoms with Gasteiger partial charge in [-0.2, -0.15) is 0 Å². The summed E-state index contributed by atoms with van der Waals surface area (Å²) in [6.45, 7) is 5.47. The van der Waals surface area contributed by atoms with E-state index in [0.29, 0.717) is 10.9 Å². The van der Waals surface area contributed by atoms with Crippen LogP contribution < -0.4 is 10.1 Å². The van der Waals surface area contributed by atoms with Crippen molar-refractivity contribution in [2.45, 2.75) is 45.6 Å². The molecule has 0 aliphatic rings. The van der Waals surface area contributed by atoms with E-state index in [1.165, 1.54) is 31.1 Å². The van der Waals surface area contributed by atoms with Crippen molar-refractivity contribution in [2.75, 3.05) is 11.9 Å². The molecule has 2 unspecified atom stereocenters. The SMILES string of the molecule is CCCCC(CC)CNc1ncc(C(Oc2ccc3cc(Br)ccc3c2)c2ccc(Cl)cc2)s1. The van der Waals surface area contributed by atoms with Crippen molar-refractivity contribution in [2.24, 2.45) is 5.92 Å². The maximum Gasteiger partial charge on any atom is 0.183 e. The van der Waals surface area contributed by atoms with Crippen LogP contribution in [0.2, 0.25) is 5.02 Å². The lowest BCUT2D eigenvalue weighted by molar-refractivity contribution is 0.251. The van der Waals surface area contributed by atoms with Crippen molar-refractivity contribution in [1.29, 1.82) is 0 Å². The van der Waals surface area contributed by atoms with Crippen molar-refractivity contribution < 1.29 is 4.74 Å². The Kier molecular flexibility index (Phi) is 8.87. The van der Waals surface area contributed by atoms with Crippen LogP contribution in [0.5, 0.6) is 5.75 Å². The second-order valence-corrected chi connectivity index (χ2v) is 11.0. The lowest BCUT2D eigenvalue weighted by atomic mass is 10.00. The van der Waals surface area contributed by atoms with Gasteiger partial charge in [-0.1, -0.05) is 96.2 Å². The summed E-state index contributed by atoms with van der Waals surface area (Å²) in [4.78, 5) is 5.72. The van der Waals surface area contributed by atoms with E-state index in [9.17, 15) is 0 Å². The normalized spacial score (nSPS) is 13.1. The van der Waals surface area contributed by atoms with Crippen molar-refractivity contribution in [1.82, 2.24) is 4.98 Å². The first-order valence-corrected chi connectivity index (χ1v) is 13.9. The molecule has 0 bridgehead atoms. The molecular weight excluding hydrogens is 528 g/mol. The number of fused-ring (bicyclic) bond motifs is 1. The van der Waals surface area contributed by atoms with Crippen LogP contribution in [0.25, 0.3) is 10.8 Å².